The average Bonchev–Trinajstić information content (AvgIpc) is 2.70. The molecule has 4 rings (SSSR count). The second-order valence-electron chi connectivity index (χ2n) is 8.42. The monoisotopic (exact) mass is 513 g/mol. The average molecular weight is 514 g/mol. The number of nitrogens with one attached hydrogen (secondary N) is 1. The third-order valence-corrected chi connectivity index (χ3v) is 8.29. The molecule has 2 aromatic carbocycles. The third-order valence-electron chi connectivity index (χ3n) is 5.78. The maximum atomic E-state index is 13.9. The molecule has 2 aliphatic heterocycles. The molecule has 0 aliphatic carbocycles. The molecule has 0 bridgehead atoms. The minimum Gasteiger partial charge on any atom is -0.493 e. The van der Waals surface area contributed by atoms with Crippen LogP contribution in [0.4, 0.5) is 4.39 Å². The fourth-order valence-corrected chi connectivity index (χ4v) is 6.22. The SMILES string of the molecule is N#Cc1ccc(OCC2(CNCC3COC3)CN(S(=O)(=O)c3ccc(Cl)cc3Cl)C2)cc1F. The fraction of sp³-hybridized carbons (Fsp3) is 0.409. The van der Waals surface area contributed by atoms with Crippen LogP contribution in [0.3, 0.4) is 0 Å². The molecule has 0 amide bonds. The topological polar surface area (TPSA) is 91.7 Å². The van der Waals surface area contributed by atoms with Crippen LogP contribution in [0.5, 0.6) is 5.75 Å². The highest BCUT2D eigenvalue weighted by Gasteiger charge is 2.49. The number of nitriles is 1. The number of hydrogen-bond donors (Lipinski definition) is 1. The lowest BCUT2D eigenvalue weighted by atomic mass is 9.82. The van der Waals surface area contributed by atoms with Gasteiger partial charge in [0.25, 0.3) is 0 Å². The number of ether oxygens (including phenoxy) is 2. The van der Waals surface area contributed by atoms with Gasteiger partial charge in [0, 0.05) is 48.6 Å². The van der Waals surface area contributed by atoms with Crippen molar-refractivity contribution < 1.29 is 22.3 Å². The van der Waals surface area contributed by atoms with E-state index in [-0.39, 0.29) is 40.9 Å². The first kappa shape index (κ1) is 24.2. The van der Waals surface area contributed by atoms with E-state index in [1.165, 1.54) is 34.6 Å². The van der Waals surface area contributed by atoms with E-state index < -0.39 is 21.3 Å². The second-order valence-corrected chi connectivity index (χ2v) is 11.2. The van der Waals surface area contributed by atoms with Crippen molar-refractivity contribution in [3.8, 4) is 11.8 Å². The van der Waals surface area contributed by atoms with Crippen LogP contribution in [0.1, 0.15) is 5.56 Å². The predicted octanol–water partition coefficient (Wildman–Crippen LogP) is 3.31. The summed E-state index contributed by atoms with van der Waals surface area (Å²) in [5, 5.41) is 12.7. The van der Waals surface area contributed by atoms with E-state index >= 15 is 0 Å². The summed E-state index contributed by atoms with van der Waals surface area (Å²) in [6.07, 6.45) is 0. The number of halogens is 3. The Morgan fingerprint density at radius 2 is 2.00 bits per heavy atom. The van der Waals surface area contributed by atoms with E-state index in [9.17, 15) is 12.8 Å². The zero-order valence-corrected chi connectivity index (χ0v) is 19.9. The van der Waals surface area contributed by atoms with Gasteiger partial charge in [-0.3, -0.25) is 0 Å². The molecule has 0 aromatic heterocycles. The first-order chi connectivity index (χ1) is 15.7. The van der Waals surface area contributed by atoms with Crippen LogP contribution in [0.2, 0.25) is 10.0 Å². The van der Waals surface area contributed by atoms with Crippen molar-refractivity contribution in [1.29, 1.82) is 5.26 Å². The molecule has 2 aliphatic rings. The Kier molecular flexibility index (Phi) is 7.15. The van der Waals surface area contributed by atoms with Gasteiger partial charge in [-0.2, -0.15) is 9.57 Å². The zero-order chi connectivity index (χ0) is 23.6. The number of nitrogens with zero attached hydrogens (tertiary/aromatic N) is 2. The molecule has 176 valence electrons. The summed E-state index contributed by atoms with van der Waals surface area (Å²) in [6.45, 7) is 3.27. The molecule has 2 aromatic rings. The van der Waals surface area contributed by atoms with Crippen molar-refractivity contribution >= 4 is 33.2 Å². The van der Waals surface area contributed by atoms with Crippen molar-refractivity contribution in [2.75, 3.05) is 46.0 Å². The number of sulfonamides is 1. The molecule has 11 heteroatoms. The molecule has 0 radical (unpaired) electrons. The second kappa shape index (κ2) is 9.74. The van der Waals surface area contributed by atoms with E-state index in [1.807, 2.05) is 0 Å². The lowest BCUT2D eigenvalue weighted by Gasteiger charge is -2.49. The Morgan fingerprint density at radius 1 is 1.24 bits per heavy atom. The standard InChI is InChI=1S/C22H22Cl2FN3O4S/c23-17-2-4-21(19(24)5-17)33(29,30)28-12-22(13-28,11-27-8-15-9-31-10-15)14-32-18-3-1-16(7-26)20(25)6-18/h1-6,15,27H,8-14H2. The minimum atomic E-state index is -3.81. The van der Waals surface area contributed by atoms with Crippen LogP contribution in [-0.2, 0) is 14.8 Å². The minimum absolute atomic E-state index is 0.00294. The van der Waals surface area contributed by atoms with Crippen molar-refractivity contribution in [2.24, 2.45) is 11.3 Å². The van der Waals surface area contributed by atoms with Crippen LogP contribution in [0.15, 0.2) is 41.3 Å². The maximum Gasteiger partial charge on any atom is 0.244 e. The molecular formula is C22H22Cl2FN3O4S. The molecule has 2 saturated heterocycles. The molecule has 33 heavy (non-hydrogen) atoms. The summed E-state index contributed by atoms with van der Waals surface area (Å²) in [7, 11) is -3.81. The Hall–Kier alpha value is -1.93. The maximum absolute atomic E-state index is 13.9. The number of rotatable bonds is 9. The molecule has 0 spiro atoms. The summed E-state index contributed by atoms with van der Waals surface area (Å²) >= 11 is 12.0. The Balaban J connectivity index is 1.46. The Morgan fingerprint density at radius 3 is 2.61 bits per heavy atom. The molecule has 7 nitrogen and oxygen atoms in total. The molecular weight excluding hydrogens is 492 g/mol. The van der Waals surface area contributed by atoms with Gasteiger partial charge < -0.3 is 14.8 Å². The first-order valence-electron chi connectivity index (χ1n) is 10.3. The van der Waals surface area contributed by atoms with Crippen LogP contribution >= 0.6 is 23.2 Å². The van der Waals surface area contributed by atoms with Gasteiger partial charge >= 0.3 is 0 Å². The summed E-state index contributed by atoms with van der Waals surface area (Å²) in [6, 6.07) is 10.1. The van der Waals surface area contributed by atoms with Crippen molar-refractivity contribution in [3.63, 3.8) is 0 Å². The molecule has 0 atom stereocenters. The van der Waals surface area contributed by atoms with E-state index in [0.29, 0.717) is 30.7 Å². The zero-order valence-electron chi connectivity index (χ0n) is 17.6. The van der Waals surface area contributed by atoms with Gasteiger partial charge in [0.15, 0.2) is 0 Å². The first-order valence-corrected chi connectivity index (χ1v) is 12.5. The lowest BCUT2D eigenvalue weighted by molar-refractivity contribution is -0.0354. The molecule has 2 fully saturated rings. The smallest absolute Gasteiger partial charge is 0.244 e. The van der Waals surface area contributed by atoms with Gasteiger partial charge in [-0.25, -0.2) is 12.8 Å². The van der Waals surface area contributed by atoms with Crippen LogP contribution in [0, 0.1) is 28.5 Å². The summed E-state index contributed by atoms with van der Waals surface area (Å²) in [4.78, 5) is -0.00294. The van der Waals surface area contributed by atoms with Crippen LogP contribution in [0.25, 0.3) is 0 Å². The van der Waals surface area contributed by atoms with Crippen LogP contribution in [-0.4, -0.2) is 58.7 Å². The van der Waals surface area contributed by atoms with E-state index in [1.54, 1.807) is 6.07 Å². The highest BCUT2D eigenvalue weighted by atomic mass is 35.5. The fourth-order valence-electron chi connectivity index (χ4n) is 3.81. The molecule has 0 saturated carbocycles. The molecule has 1 N–H and O–H groups in total. The quantitative estimate of drug-likeness (QED) is 0.552. The highest BCUT2D eigenvalue weighted by molar-refractivity contribution is 7.89. The van der Waals surface area contributed by atoms with Gasteiger partial charge in [-0.05, 0) is 30.3 Å². The van der Waals surface area contributed by atoms with Crippen molar-refractivity contribution in [3.05, 3.63) is 57.8 Å². The van der Waals surface area contributed by atoms with Gasteiger partial charge in [-0.1, -0.05) is 23.2 Å². The molecule has 0 unspecified atom stereocenters. The van der Waals surface area contributed by atoms with Gasteiger partial charge in [0.2, 0.25) is 10.0 Å². The van der Waals surface area contributed by atoms with E-state index in [0.717, 1.165) is 12.6 Å². The van der Waals surface area contributed by atoms with Gasteiger partial charge in [-0.15, -0.1) is 0 Å². The van der Waals surface area contributed by atoms with Gasteiger partial charge in [0.1, 0.15) is 22.5 Å². The van der Waals surface area contributed by atoms with Gasteiger partial charge in [0.05, 0.1) is 30.4 Å². The predicted molar refractivity (Wildman–Crippen MR) is 121 cm³/mol. The number of hydrogen-bond acceptors (Lipinski definition) is 6. The number of benzene rings is 2. The normalized spacial score (nSPS) is 18.2. The Bertz CT molecular complexity index is 1180. The summed E-state index contributed by atoms with van der Waals surface area (Å²) in [5.74, 6) is 0.0473. The largest absolute Gasteiger partial charge is 0.493 e. The lowest BCUT2D eigenvalue weighted by Crippen LogP contribution is -2.64. The van der Waals surface area contributed by atoms with E-state index in [2.05, 4.69) is 5.32 Å². The van der Waals surface area contributed by atoms with Crippen molar-refractivity contribution in [1.82, 2.24) is 9.62 Å². The van der Waals surface area contributed by atoms with E-state index in [4.69, 9.17) is 37.9 Å². The third kappa shape index (κ3) is 5.27. The van der Waals surface area contributed by atoms with Crippen LogP contribution < -0.4 is 10.1 Å². The molecule has 2 heterocycles. The summed E-state index contributed by atoms with van der Waals surface area (Å²) < 4.78 is 52.5. The summed E-state index contributed by atoms with van der Waals surface area (Å²) in [5.41, 5.74) is -0.580. The van der Waals surface area contributed by atoms with Crippen molar-refractivity contribution in [2.45, 2.75) is 4.90 Å². The Labute approximate surface area is 202 Å². The highest BCUT2D eigenvalue weighted by Crippen LogP contribution is 2.37.